The molecule has 1 fully saturated rings. The second-order valence-electron chi connectivity index (χ2n) is 8.49. The average molecular weight is 455 g/mol. The molecule has 4 aromatic rings. The van der Waals surface area contributed by atoms with Gasteiger partial charge in [-0.2, -0.15) is 0 Å². The number of nitrogens with one attached hydrogen (secondary N) is 1. The maximum atomic E-state index is 14.9. The number of ketones is 1. The van der Waals surface area contributed by atoms with E-state index < -0.39 is 23.5 Å². The smallest absolute Gasteiger partial charge is 0.295 e. The van der Waals surface area contributed by atoms with Gasteiger partial charge in [-0.05, 0) is 31.0 Å². The summed E-state index contributed by atoms with van der Waals surface area (Å²) in [6.07, 6.45) is 2.35. The molecule has 0 bridgehead atoms. The molecule has 1 amide bonds. The molecule has 5 nitrogen and oxygen atoms in total. The molecule has 1 unspecified atom stereocenters. The van der Waals surface area contributed by atoms with Gasteiger partial charge in [0.25, 0.3) is 11.7 Å². The number of para-hydroxylation sites is 1. The lowest BCUT2D eigenvalue weighted by molar-refractivity contribution is -0.139. The number of carbonyl (C=O) groups excluding carboxylic acids is 2. The fourth-order valence-corrected chi connectivity index (χ4v) is 4.58. The van der Waals surface area contributed by atoms with E-state index in [-0.39, 0.29) is 23.4 Å². The first-order chi connectivity index (χ1) is 16.5. The number of aromatic nitrogens is 1. The van der Waals surface area contributed by atoms with Gasteiger partial charge in [0, 0.05) is 34.8 Å². The number of hydrogen-bond donors (Lipinski definition) is 2. The molecule has 1 aliphatic rings. The zero-order valence-electron chi connectivity index (χ0n) is 18.6. The van der Waals surface area contributed by atoms with Gasteiger partial charge in [-0.3, -0.25) is 9.59 Å². The summed E-state index contributed by atoms with van der Waals surface area (Å²) in [5.41, 5.74) is 3.43. The Morgan fingerprint density at radius 3 is 2.47 bits per heavy atom. The number of aliphatic hydroxyl groups is 1. The summed E-state index contributed by atoms with van der Waals surface area (Å²) in [7, 11) is 0. The van der Waals surface area contributed by atoms with Crippen LogP contribution in [0.15, 0.2) is 84.6 Å². The largest absolute Gasteiger partial charge is 0.507 e. The van der Waals surface area contributed by atoms with Crippen molar-refractivity contribution < 1.29 is 19.1 Å². The minimum atomic E-state index is -1.02. The normalized spacial score (nSPS) is 17.6. The average Bonchev–Trinajstić information content (AvgIpc) is 3.37. The Labute approximate surface area is 196 Å². The fraction of sp³-hybridized carbons (Fsp3) is 0.143. The van der Waals surface area contributed by atoms with E-state index in [2.05, 4.69) is 4.98 Å². The molecule has 0 aliphatic carbocycles. The molecule has 0 radical (unpaired) electrons. The molecule has 1 saturated heterocycles. The highest BCUT2D eigenvalue weighted by Gasteiger charge is 2.46. The standard InChI is InChI=1S/C28H23FN2O3/c1-17-10-12-18(13-11-17)26(32)24-25(21-7-2-4-8-22(21)29)31(28(34)27(24)33)15-14-19-16-30-23-9-5-3-6-20(19)23/h2-13,16,25,30,32H,14-15H2,1H3/b26-24+. The number of aryl methyl sites for hydroxylation is 1. The number of H-pyrrole nitrogens is 1. The van der Waals surface area contributed by atoms with Crippen molar-refractivity contribution in [3.8, 4) is 0 Å². The number of aliphatic hydroxyl groups excluding tert-OH is 1. The minimum absolute atomic E-state index is 0.0992. The van der Waals surface area contributed by atoms with E-state index in [4.69, 9.17) is 0 Å². The number of hydrogen-bond acceptors (Lipinski definition) is 3. The van der Waals surface area contributed by atoms with Crippen LogP contribution in [0.25, 0.3) is 16.7 Å². The lowest BCUT2D eigenvalue weighted by atomic mass is 9.94. The lowest BCUT2D eigenvalue weighted by Crippen LogP contribution is -2.32. The van der Waals surface area contributed by atoms with Crippen LogP contribution in [0.2, 0.25) is 0 Å². The van der Waals surface area contributed by atoms with E-state index >= 15 is 0 Å². The number of carbonyl (C=O) groups is 2. The number of halogens is 1. The molecule has 2 heterocycles. The van der Waals surface area contributed by atoms with Gasteiger partial charge in [0.1, 0.15) is 11.6 Å². The van der Waals surface area contributed by atoms with Crippen molar-refractivity contribution in [2.45, 2.75) is 19.4 Å². The van der Waals surface area contributed by atoms with Gasteiger partial charge in [0.2, 0.25) is 0 Å². The van der Waals surface area contributed by atoms with Gasteiger partial charge < -0.3 is 15.0 Å². The summed E-state index contributed by atoms with van der Waals surface area (Å²) in [4.78, 5) is 30.8. The summed E-state index contributed by atoms with van der Waals surface area (Å²) in [6, 6.07) is 19.8. The molecule has 2 N–H and O–H groups in total. The third-order valence-corrected chi connectivity index (χ3v) is 6.36. The van der Waals surface area contributed by atoms with Crippen LogP contribution in [-0.4, -0.2) is 33.2 Å². The molecule has 1 atom stereocenters. The molecular formula is C28H23FN2O3. The van der Waals surface area contributed by atoms with E-state index in [1.807, 2.05) is 37.4 Å². The number of benzene rings is 3. The number of rotatable bonds is 5. The minimum Gasteiger partial charge on any atom is -0.507 e. The number of amides is 1. The molecule has 5 rings (SSSR count). The van der Waals surface area contributed by atoms with Crippen LogP contribution in [0, 0.1) is 12.7 Å². The second kappa shape index (κ2) is 8.63. The van der Waals surface area contributed by atoms with Crippen LogP contribution in [-0.2, 0) is 16.0 Å². The number of Topliss-reactive ketones (excluding diaryl/α,β-unsaturated/α-hetero) is 1. The van der Waals surface area contributed by atoms with E-state index in [0.717, 1.165) is 22.0 Å². The maximum absolute atomic E-state index is 14.9. The van der Waals surface area contributed by atoms with Crippen molar-refractivity contribution in [3.05, 3.63) is 113 Å². The van der Waals surface area contributed by atoms with E-state index in [9.17, 15) is 19.1 Å². The van der Waals surface area contributed by atoms with Gasteiger partial charge in [-0.15, -0.1) is 0 Å². The molecule has 6 heteroatoms. The first-order valence-corrected chi connectivity index (χ1v) is 11.1. The molecular weight excluding hydrogens is 431 g/mol. The van der Waals surface area contributed by atoms with Crippen LogP contribution in [0.3, 0.4) is 0 Å². The van der Waals surface area contributed by atoms with Crippen molar-refractivity contribution in [1.82, 2.24) is 9.88 Å². The van der Waals surface area contributed by atoms with Crippen molar-refractivity contribution in [1.29, 1.82) is 0 Å². The third-order valence-electron chi connectivity index (χ3n) is 6.36. The number of likely N-dealkylation sites (tertiary alicyclic amines) is 1. The predicted octanol–water partition coefficient (Wildman–Crippen LogP) is 5.28. The van der Waals surface area contributed by atoms with Gasteiger partial charge in [-0.25, -0.2) is 4.39 Å². The van der Waals surface area contributed by atoms with Gasteiger partial charge >= 0.3 is 0 Å². The molecule has 0 saturated carbocycles. The second-order valence-corrected chi connectivity index (χ2v) is 8.49. The quantitative estimate of drug-likeness (QED) is 0.245. The van der Waals surface area contributed by atoms with E-state index in [0.29, 0.717) is 12.0 Å². The molecule has 170 valence electrons. The zero-order chi connectivity index (χ0) is 23.8. The Morgan fingerprint density at radius 1 is 1.00 bits per heavy atom. The number of nitrogens with zero attached hydrogens (tertiary/aromatic N) is 1. The Bertz CT molecular complexity index is 1440. The van der Waals surface area contributed by atoms with Gasteiger partial charge in [0.15, 0.2) is 0 Å². The Hall–Kier alpha value is -4.19. The molecule has 0 spiro atoms. The summed E-state index contributed by atoms with van der Waals surface area (Å²) >= 11 is 0. The van der Waals surface area contributed by atoms with Gasteiger partial charge in [-0.1, -0.05) is 66.2 Å². The van der Waals surface area contributed by atoms with E-state index in [1.165, 1.54) is 11.0 Å². The zero-order valence-corrected chi connectivity index (χ0v) is 18.6. The lowest BCUT2D eigenvalue weighted by Gasteiger charge is -2.25. The Balaban J connectivity index is 1.58. The highest BCUT2D eigenvalue weighted by molar-refractivity contribution is 6.46. The van der Waals surface area contributed by atoms with Crippen molar-refractivity contribution >= 4 is 28.4 Å². The fourth-order valence-electron chi connectivity index (χ4n) is 4.58. The van der Waals surface area contributed by atoms with Crippen molar-refractivity contribution in [2.24, 2.45) is 0 Å². The Kier molecular flexibility index (Phi) is 5.49. The highest BCUT2D eigenvalue weighted by atomic mass is 19.1. The van der Waals surface area contributed by atoms with Crippen LogP contribution in [0.1, 0.15) is 28.3 Å². The van der Waals surface area contributed by atoms with Gasteiger partial charge in [0.05, 0.1) is 11.6 Å². The van der Waals surface area contributed by atoms with Crippen LogP contribution in [0.5, 0.6) is 0 Å². The summed E-state index contributed by atoms with van der Waals surface area (Å²) in [6.45, 7) is 2.10. The van der Waals surface area contributed by atoms with Crippen LogP contribution < -0.4 is 0 Å². The third kappa shape index (κ3) is 3.67. The molecule has 1 aliphatic heterocycles. The highest BCUT2D eigenvalue weighted by Crippen LogP contribution is 2.40. The molecule has 1 aromatic heterocycles. The topological polar surface area (TPSA) is 73.4 Å². The van der Waals surface area contributed by atoms with E-state index in [1.54, 1.807) is 42.5 Å². The maximum Gasteiger partial charge on any atom is 0.295 e. The molecule has 3 aromatic carbocycles. The summed E-state index contributed by atoms with van der Waals surface area (Å²) in [5, 5.41) is 12.1. The monoisotopic (exact) mass is 454 g/mol. The molecule has 34 heavy (non-hydrogen) atoms. The first-order valence-electron chi connectivity index (χ1n) is 11.1. The number of fused-ring (bicyclic) bond motifs is 1. The first kappa shape index (κ1) is 21.6. The number of aromatic amines is 1. The van der Waals surface area contributed by atoms with Crippen LogP contribution in [0.4, 0.5) is 4.39 Å². The SMILES string of the molecule is Cc1ccc(/C(O)=C2\C(=O)C(=O)N(CCc3c[nH]c4ccccc34)C2c2ccccc2F)cc1. The summed E-state index contributed by atoms with van der Waals surface area (Å²) < 4.78 is 14.9. The van der Waals surface area contributed by atoms with Crippen molar-refractivity contribution in [3.63, 3.8) is 0 Å². The van der Waals surface area contributed by atoms with Crippen molar-refractivity contribution in [2.75, 3.05) is 6.54 Å². The predicted molar refractivity (Wildman–Crippen MR) is 129 cm³/mol. The van der Waals surface area contributed by atoms with Crippen LogP contribution >= 0.6 is 0 Å². The Morgan fingerprint density at radius 2 is 1.71 bits per heavy atom. The summed E-state index contributed by atoms with van der Waals surface area (Å²) in [5.74, 6) is -2.41.